The van der Waals surface area contributed by atoms with Crippen LogP contribution in [-0.4, -0.2) is 33.8 Å². The molecule has 2 aromatic heterocycles. The number of para-hydroxylation sites is 1. The minimum Gasteiger partial charge on any atom is -0.372 e. The Bertz CT molecular complexity index is 749. The lowest BCUT2D eigenvalue weighted by atomic mass is 10.3. The van der Waals surface area contributed by atoms with Crippen LogP contribution in [0.5, 0.6) is 0 Å². The second kappa shape index (κ2) is 5.40. The smallest absolute Gasteiger partial charge is 0.163 e. The van der Waals surface area contributed by atoms with E-state index in [0.717, 1.165) is 28.4 Å². The van der Waals surface area contributed by atoms with Gasteiger partial charge >= 0.3 is 0 Å². The molecule has 1 aromatic carbocycles. The third-order valence-corrected chi connectivity index (χ3v) is 3.45. The fourth-order valence-corrected chi connectivity index (χ4v) is 2.31. The Labute approximate surface area is 123 Å². The van der Waals surface area contributed by atoms with Gasteiger partial charge in [-0.2, -0.15) is 5.10 Å². The van der Waals surface area contributed by atoms with Crippen LogP contribution in [0.2, 0.25) is 0 Å². The van der Waals surface area contributed by atoms with Crippen LogP contribution in [0.3, 0.4) is 0 Å². The SMILES string of the molecule is CNc1nc(CN(C)c2ccccc2)nc2c1cnn2C. The largest absolute Gasteiger partial charge is 0.372 e. The van der Waals surface area contributed by atoms with Gasteiger partial charge in [0.1, 0.15) is 5.82 Å². The molecule has 0 aliphatic rings. The van der Waals surface area contributed by atoms with Crippen molar-refractivity contribution >= 4 is 22.5 Å². The molecular weight excluding hydrogens is 264 g/mol. The van der Waals surface area contributed by atoms with Gasteiger partial charge in [-0.3, -0.25) is 4.68 Å². The number of anilines is 2. The molecule has 0 spiro atoms. The molecule has 0 amide bonds. The summed E-state index contributed by atoms with van der Waals surface area (Å²) in [4.78, 5) is 11.3. The number of nitrogens with zero attached hydrogens (tertiary/aromatic N) is 5. The molecule has 108 valence electrons. The van der Waals surface area contributed by atoms with E-state index in [1.165, 1.54) is 0 Å². The van der Waals surface area contributed by atoms with E-state index in [2.05, 4.69) is 37.4 Å². The maximum atomic E-state index is 4.62. The number of hydrogen-bond acceptors (Lipinski definition) is 5. The Hall–Kier alpha value is -2.63. The van der Waals surface area contributed by atoms with Crippen LogP contribution in [0.1, 0.15) is 5.82 Å². The van der Waals surface area contributed by atoms with E-state index < -0.39 is 0 Å². The number of aromatic nitrogens is 4. The molecule has 6 heteroatoms. The monoisotopic (exact) mass is 282 g/mol. The first-order valence-electron chi connectivity index (χ1n) is 6.81. The summed E-state index contributed by atoms with van der Waals surface area (Å²) in [5.74, 6) is 1.58. The molecule has 0 aliphatic carbocycles. The van der Waals surface area contributed by atoms with E-state index >= 15 is 0 Å². The third-order valence-electron chi connectivity index (χ3n) is 3.45. The molecule has 0 saturated carbocycles. The van der Waals surface area contributed by atoms with Crippen LogP contribution >= 0.6 is 0 Å². The van der Waals surface area contributed by atoms with Crippen molar-refractivity contribution in [3.8, 4) is 0 Å². The Morgan fingerprint density at radius 2 is 1.95 bits per heavy atom. The summed E-state index contributed by atoms with van der Waals surface area (Å²) in [6.45, 7) is 0.639. The first-order chi connectivity index (χ1) is 10.2. The third kappa shape index (κ3) is 2.52. The number of aryl methyl sites for hydroxylation is 1. The number of hydrogen-bond donors (Lipinski definition) is 1. The van der Waals surface area contributed by atoms with Gasteiger partial charge in [-0.05, 0) is 12.1 Å². The van der Waals surface area contributed by atoms with Gasteiger partial charge in [0.05, 0.1) is 18.1 Å². The summed E-state index contributed by atoms with van der Waals surface area (Å²) < 4.78 is 1.77. The predicted octanol–water partition coefficient (Wildman–Crippen LogP) is 2.04. The topological polar surface area (TPSA) is 58.9 Å². The Morgan fingerprint density at radius 1 is 1.19 bits per heavy atom. The average Bonchev–Trinajstić information content (AvgIpc) is 2.89. The van der Waals surface area contributed by atoms with Gasteiger partial charge in [-0.15, -0.1) is 0 Å². The molecule has 2 heterocycles. The van der Waals surface area contributed by atoms with Crippen LogP contribution in [0.25, 0.3) is 11.0 Å². The first-order valence-corrected chi connectivity index (χ1v) is 6.81. The second-order valence-corrected chi connectivity index (χ2v) is 4.94. The highest BCUT2D eigenvalue weighted by Gasteiger charge is 2.12. The summed E-state index contributed by atoms with van der Waals surface area (Å²) in [6, 6.07) is 10.2. The van der Waals surface area contributed by atoms with Gasteiger partial charge in [0.25, 0.3) is 0 Å². The van der Waals surface area contributed by atoms with Crippen molar-refractivity contribution < 1.29 is 0 Å². The van der Waals surface area contributed by atoms with Crippen LogP contribution in [0.4, 0.5) is 11.5 Å². The molecule has 0 fully saturated rings. The highest BCUT2D eigenvalue weighted by molar-refractivity contribution is 5.86. The summed E-state index contributed by atoms with van der Waals surface area (Å²) in [6.07, 6.45) is 1.78. The van der Waals surface area contributed by atoms with Crippen LogP contribution in [0, 0.1) is 0 Å². The van der Waals surface area contributed by atoms with E-state index in [9.17, 15) is 0 Å². The fourth-order valence-electron chi connectivity index (χ4n) is 2.31. The van der Waals surface area contributed by atoms with Crippen molar-refractivity contribution in [2.45, 2.75) is 6.54 Å². The Kier molecular flexibility index (Phi) is 3.43. The molecule has 0 aliphatic heterocycles. The molecule has 0 radical (unpaired) electrons. The lowest BCUT2D eigenvalue weighted by molar-refractivity contribution is 0.773. The molecule has 6 nitrogen and oxygen atoms in total. The van der Waals surface area contributed by atoms with E-state index in [-0.39, 0.29) is 0 Å². The van der Waals surface area contributed by atoms with E-state index in [0.29, 0.717) is 6.54 Å². The lowest BCUT2D eigenvalue weighted by Crippen LogP contribution is -2.18. The van der Waals surface area contributed by atoms with Crippen molar-refractivity contribution in [3.05, 3.63) is 42.4 Å². The number of benzene rings is 1. The molecule has 0 unspecified atom stereocenters. The minimum atomic E-state index is 0.639. The molecule has 0 bridgehead atoms. The zero-order valence-electron chi connectivity index (χ0n) is 12.4. The van der Waals surface area contributed by atoms with Crippen molar-refractivity contribution in [3.63, 3.8) is 0 Å². The van der Waals surface area contributed by atoms with Crippen molar-refractivity contribution in [2.75, 3.05) is 24.3 Å². The van der Waals surface area contributed by atoms with Gasteiger partial charge < -0.3 is 10.2 Å². The fraction of sp³-hybridized carbons (Fsp3) is 0.267. The lowest BCUT2D eigenvalue weighted by Gasteiger charge is -2.18. The molecule has 1 N–H and O–H groups in total. The van der Waals surface area contributed by atoms with Crippen molar-refractivity contribution in [2.24, 2.45) is 7.05 Å². The molecule has 0 saturated heterocycles. The van der Waals surface area contributed by atoms with Crippen LogP contribution in [-0.2, 0) is 13.6 Å². The molecular formula is C15H18N6. The standard InChI is InChI=1S/C15H18N6/c1-16-14-12-9-17-21(3)15(12)19-13(18-14)10-20(2)11-7-5-4-6-8-11/h4-9H,10H2,1-3H3,(H,16,18,19). The summed E-state index contributed by atoms with van der Waals surface area (Å²) >= 11 is 0. The second-order valence-electron chi connectivity index (χ2n) is 4.94. The van der Waals surface area contributed by atoms with Crippen molar-refractivity contribution in [1.82, 2.24) is 19.7 Å². The summed E-state index contributed by atoms with van der Waals surface area (Å²) in [5.41, 5.74) is 1.98. The van der Waals surface area contributed by atoms with E-state index in [1.54, 1.807) is 10.9 Å². The zero-order chi connectivity index (χ0) is 14.8. The highest BCUT2D eigenvalue weighted by Crippen LogP contribution is 2.20. The minimum absolute atomic E-state index is 0.639. The highest BCUT2D eigenvalue weighted by atomic mass is 15.3. The number of rotatable bonds is 4. The molecule has 21 heavy (non-hydrogen) atoms. The maximum Gasteiger partial charge on any atom is 0.163 e. The van der Waals surface area contributed by atoms with Gasteiger partial charge in [0, 0.05) is 26.8 Å². The number of nitrogens with one attached hydrogen (secondary N) is 1. The normalized spacial score (nSPS) is 10.8. The van der Waals surface area contributed by atoms with E-state index in [1.807, 2.05) is 39.3 Å². The maximum absolute atomic E-state index is 4.62. The summed E-state index contributed by atoms with van der Waals surface area (Å²) in [7, 11) is 5.78. The quantitative estimate of drug-likeness (QED) is 0.793. The first kappa shape index (κ1) is 13.4. The average molecular weight is 282 g/mol. The van der Waals surface area contributed by atoms with Crippen LogP contribution in [0.15, 0.2) is 36.5 Å². The van der Waals surface area contributed by atoms with Crippen molar-refractivity contribution in [1.29, 1.82) is 0 Å². The van der Waals surface area contributed by atoms with Crippen LogP contribution < -0.4 is 10.2 Å². The van der Waals surface area contributed by atoms with Gasteiger partial charge in [-0.1, -0.05) is 18.2 Å². The van der Waals surface area contributed by atoms with Gasteiger partial charge in [-0.25, -0.2) is 9.97 Å². The van der Waals surface area contributed by atoms with Gasteiger partial charge in [0.2, 0.25) is 0 Å². The molecule has 3 rings (SSSR count). The number of fused-ring (bicyclic) bond motifs is 1. The summed E-state index contributed by atoms with van der Waals surface area (Å²) in [5, 5.41) is 8.29. The molecule has 0 atom stereocenters. The Balaban J connectivity index is 1.95. The predicted molar refractivity (Wildman–Crippen MR) is 84.4 cm³/mol. The Morgan fingerprint density at radius 3 is 2.67 bits per heavy atom. The van der Waals surface area contributed by atoms with Gasteiger partial charge in [0.15, 0.2) is 11.5 Å². The molecule has 3 aromatic rings. The zero-order valence-corrected chi connectivity index (χ0v) is 12.4. The van der Waals surface area contributed by atoms with E-state index in [4.69, 9.17) is 0 Å².